The molecule has 0 spiro atoms. The van der Waals surface area contributed by atoms with Gasteiger partial charge in [-0.1, -0.05) is 39.5 Å². The number of rotatable bonds is 4. The highest BCUT2D eigenvalue weighted by Crippen LogP contribution is 2.28. The normalized spacial score (nSPS) is 27.1. The molecule has 2 unspecified atom stereocenters. The lowest BCUT2D eigenvalue weighted by Gasteiger charge is -2.32. The van der Waals surface area contributed by atoms with Crippen molar-refractivity contribution in [2.24, 2.45) is 11.8 Å². The molecule has 1 saturated heterocycles. The molecule has 1 aliphatic heterocycles. The summed E-state index contributed by atoms with van der Waals surface area (Å²) in [4.78, 5) is 26.6. The highest BCUT2D eigenvalue weighted by atomic mass is 16.2. The van der Waals surface area contributed by atoms with Crippen molar-refractivity contribution in [2.45, 2.75) is 64.8 Å². The number of nitrogens with one attached hydrogen (secondary N) is 1. The number of carbonyl (C=O) groups excluding carboxylic acids is 2. The predicted molar refractivity (Wildman–Crippen MR) is 79.2 cm³/mol. The van der Waals surface area contributed by atoms with E-state index < -0.39 is 0 Å². The van der Waals surface area contributed by atoms with Gasteiger partial charge < -0.3 is 10.2 Å². The second-order valence-corrected chi connectivity index (χ2v) is 6.49. The summed E-state index contributed by atoms with van der Waals surface area (Å²) in [6, 6.07) is -0.269. The van der Waals surface area contributed by atoms with Gasteiger partial charge in [-0.15, -0.1) is 0 Å². The molecule has 114 valence electrons. The maximum Gasteiger partial charge on any atom is 0.245 e. The van der Waals surface area contributed by atoms with Gasteiger partial charge in [-0.3, -0.25) is 9.59 Å². The summed E-state index contributed by atoms with van der Waals surface area (Å²) < 4.78 is 0. The van der Waals surface area contributed by atoms with E-state index in [2.05, 4.69) is 19.2 Å². The summed E-state index contributed by atoms with van der Waals surface area (Å²) in [5, 5.41) is 2.99. The summed E-state index contributed by atoms with van der Waals surface area (Å²) in [7, 11) is 0. The lowest BCUT2D eigenvalue weighted by molar-refractivity contribution is -0.135. The van der Waals surface area contributed by atoms with Gasteiger partial charge in [0.05, 0.1) is 0 Å². The van der Waals surface area contributed by atoms with Crippen molar-refractivity contribution in [1.29, 1.82) is 0 Å². The van der Waals surface area contributed by atoms with Crippen LogP contribution in [0.4, 0.5) is 0 Å². The fourth-order valence-corrected chi connectivity index (χ4v) is 3.32. The molecule has 1 N–H and O–H groups in total. The molecule has 0 aromatic carbocycles. The summed E-state index contributed by atoms with van der Waals surface area (Å²) >= 11 is 0. The number of amides is 2. The zero-order valence-electron chi connectivity index (χ0n) is 12.9. The van der Waals surface area contributed by atoms with E-state index in [0.717, 1.165) is 25.8 Å². The van der Waals surface area contributed by atoms with E-state index >= 15 is 0 Å². The first-order chi connectivity index (χ1) is 9.61. The van der Waals surface area contributed by atoms with Crippen molar-refractivity contribution in [3.05, 3.63) is 0 Å². The fraction of sp³-hybridized carbons (Fsp3) is 0.875. The van der Waals surface area contributed by atoms with Crippen LogP contribution in [0.15, 0.2) is 0 Å². The molecule has 0 aromatic rings. The summed E-state index contributed by atoms with van der Waals surface area (Å²) in [5.41, 5.74) is 0. The van der Waals surface area contributed by atoms with Crippen LogP contribution in [0.2, 0.25) is 0 Å². The topological polar surface area (TPSA) is 49.4 Å². The van der Waals surface area contributed by atoms with E-state index in [9.17, 15) is 9.59 Å². The molecule has 2 rings (SSSR count). The van der Waals surface area contributed by atoms with Crippen LogP contribution in [0.25, 0.3) is 0 Å². The quantitative estimate of drug-likeness (QED) is 0.859. The Labute approximate surface area is 122 Å². The van der Waals surface area contributed by atoms with Crippen molar-refractivity contribution in [3.8, 4) is 0 Å². The molecule has 2 atom stereocenters. The van der Waals surface area contributed by atoms with Gasteiger partial charge in [-0.2, -0.15) is 0 Å². The van der Waals surface area contributed by atoms with Gasteiger partial charge in [0.2, 0.25) is 11.8 Å². The van der Waals surface area contributed by atoms with Crippen LogP contribution in [-0.4, -0.2) is 35.8 Å². The van der Waals surface area contributed by atoms with E-state index in [1.165, 1.54) is 19.3 Å². The lowest BCUT2D eigenvalue weighted by atomic mass is 9.83. The monoisotopic (exact) mass is 280 g/mol. The van der Waals surface area contributed by atoms with Crippen molar-refractivity contribution >= 4 is 11.8 Å². The Kier molecular flexibility index (Phi) is 5.44. The van der Waals surface area contributed by atoms with Gasteiger partial charge in [0.1, 0.15) is 6.04 Å². The Morgan fingerprint density at radius 2 is 1.95 bits per heavy atom. The Bertz CT molecular complexity index is 350. The SMILES string of the molecule is CCC(C)CN1CCC(=O)NC(C2CCCCC2)C1=O. The molecule has 4 nitrogen and oxygen atoms in total. The first-order valence-electron chi connectivity index (χ1n) is 8.20. The minimum atomic E-state index is -0.269. The molecule has 1 aliphatic carbocycles. The van der Waals surface area contributed by atoms with Gasteiger partial charge in [-0.05, 0) is 24.7 Å². The van der Waals surface area contributed by atoms with E-state index in [-0.39, 0.29) is 17.9 Å². The molecule has 20 heavy (non-hydrogen) atoms. The molecule has 0 radical (unpaired) electrons. The molecular formula is C16H28N2O2. The lowest BCUT2D eigenvalue weighted by Crippen LogP contribution is -2.50. The van der Waals surface area contributed by atoms with Crippen LogP contribution >= 0.6 is 0 Å². The van der Waals surface area contributed by atoms with Gasteiger partial charge in [0.25, 0.3) is 0 Å². The Morgan fingerprint density at radius 3 is 2.60 bits per heavy atom. The van der Waals surface area contributed by atoms with Crippen LogP contribution in [0.3, 0.4) is 0 Å². The third-order valence-corrected chi connectivity index (χ3v) is 4.85. The molecule has 0 bridgehead atoms. The minimum absolute atomic E-state index is 0.0422. The average Bonchev–Trinajstić information content (AvgIpc) is 2.61. The van der Waals surface area contributed by atoms with Crippen LogP contribution in [-0.2, 0) is 9.59 Å². The van der Waals surface area contributed by atoms with Crippen molar-refractivity contribution in [1.82, 2.24) is 10.2 Å². The first kappa shape index (κ1) is 15.3. The van der Waals surface area contributed by atoms with Gasteiger partial charge in [0.15, 0.2) is 0 Å². The number of carbonyl (C=O) groups is 2. The zero-order chi connectivity index (χ0) is 14.5. The largest absolute Gasteiger partial charge is 0.344 e. The number of nitrogens with zero attached hydrogens (tertiary/aromatic N) is 1. The van der Waals surface area contributed by atoms with Crippen LogP contribution < -0.4 is 5.32 Å². The van der Waals surface area contributed by atoms with E-state index in [1.807, 2.05) is 4.90 Å². The smallest absolute Gasteiger partial charge is 0.245 e. The van der Waals surface area contributed by atoms with Crippen molar-refractivity contribution in [2.75, 3.05) is 13.1 Å². The predicted octanol–water partition coefficient (Wildman–Crippen LogP) is 2.33. The Morgan fingerprint density at radius 1 is 1.25 bits per heavy atom. The molecule has 1 saturated carbocycles. The maximum atomic E-state index is 12.8. The number of hydrogen-bond donors (Lipinski definition) is 1. The molecule has 4 heteroatoms. The van der Waals surface area contributed by atoms with Crippen LogP contribution in [0.5, 0.6) is 0 Å². The van der Waals surface area contributed by atoms with Gasteiger partial charge in [-0.25, -0.2) is 0 Å². The molecule has 0 aromatic heterocycles. The Hall–Kier alpha value is -1.06. The second-order valence-electron chi connectivity index (χ2n) is 6.49. The minimum Gasteiger partial charge on any atom is -0.344 e. The summed E-state index contributed by atoms with van der Waals surface area (Å²) in [6.45, 7) is 5.68. The summed E-state index contributed by atoms with van der Waals surface area (Å²) in [6.07, 6.45) is 7.32. The van der Waals surface area contributed by atoms with Crippen LogP contribution in [0, 0.1) is 11.8 Å². The van der Waals surface area contributed by atoms with Gasteiger partial charge >= 0.3 is 0 Å². The third kappa shape index (κ3) is 3.74. The Balaban J connectivity index is 2.07. The van der Waals surface area contributed by atoms with Gasteiger partial charge in [0, 0.05) is 19.5 Å². The molecule has 2 aliphatic rings. The zero-order valence-corrected chi connectivity index (χ0v) is 12.9. The number of hydrogen-bond acceptors (Lipinski definition) is 2. The highest BCUT2D eigenvalue weighted by molar-refractivity contribution is 5.90. The van der Waals surface area contributed by atoms with E-state index in [4.69, 9.17) is 0 Å². The fourth-order valence-electron chi connectivity index (χ4n) is 3.32. The average molecular weight is 280 g/mol. The molecule has 1 heterocycles. The molecular weight excluding hydrogens is 252 g/mol. The van der Waals surface area contributed by atoms with Crippen LogP contribution in [0.1, 0.15) is 58.8 Å². The second kappa shape index (κ2) is 7.09. The van der Waals surface area contributed by atoms with E-state index in [0.29, 0.717) is 24.8 Å². The standard InChI is InChI=1S/C16H28N2O2/c1-3-12(2)11-18-10-9-14(19)17-15(16(18)20)13-7-5-4-6-8-13/h12-13,15H,3-11H2,1-2H3,(H,17,19). The van der Waals surface area contributed by atoms with Crippen molar-refractivity contribution in [3.63, 3.8) is 0 Å². The first-order valence-corrected chi connectivity index (χ1v) is 8.20. The maximum absolute atomic E-state index is 12.8. The molecule has 2 fully saturated rings. The molecule has 2 amide bonds. The third-order valence-electron chi connectivity index (χ3n) is 4.85. The highest BCUT2D eigenvalue weighted by Gasteiger charge is 2.36. The van der Waals surface area contributed by atoms with Crippen molar-refractivity contribution < 1.29 is 9.59 Å². The summed E-state index contributed by atoms with van der Waals surface area (Å²) in [5.74, 6) is 1.04. The van der Waals surface area contributed by atoms with E-state index in [1.54, 1.807) is 0 Å².